The minimum absolute atomic E-state index is 0.506. The van der Waals surface area contributed by atoms with E-state index < -0.39 is 0 Å². The Morgan fingerprint density at radius 3 is 3.00 bits per heavy atom. The number of nitrogen functional groups attached to an aromatic ring is 1. The highest BCUT2D eigenvalue weighted by Gasteiger charge is 2.19. The molecular weight excluding hydrogens is 246 g/mol. The van der Waals surface area contributed by atoms with E-state index in [0.717, 1.165) is 16.7 Å². The molecule has 18 heavy (non-hydrogen) atoms. The number of hydrogen-bond acceptors (Lipinski definition) is 5. The summed E-state index contributed by atoms with van der Waals surface area (Å²) in [5, 5.41) is 4.56. The molecule has 2 rings (SSSR count). The number of nitrogens with one attached hydrogen (secondary N) is 1. The van der Waals surface area contributed by atoms with Crippen LogP contribution in [0.4, 0.5) is 10.8 Å². The number of anilines is 2. The first-order valence-electron chi connectivity index (χ1n) is 6.85. The monoisotopic (exact) mass is 269 g/mol. The lowest BCUT2D eigenvalue weighted by Gasteiger charge is -2.17. The first-order chi connectivity index (χ1) is 8.70. The Balaban J connectivity index is 2.00. The predicted octanol–water partition coefficient (Wildman–Crippen LogP) is 3.50. The zero-order valence-electron chi connectivity index (χ0n) is 11.2. The summed E-state index contributed by atoms with van der Waals surface area (Å²) in [5.41, 5.74) is 5.82. The second-order valence-electron chi connectivity index (χ2n) is 5.11. The van der Waals surface area contributed by atoms with E-state index in [2.05, 4.69) is 16.6 Å². The zero-order chi connectivity index (χ0) is 13.0. The van der Waals surface area contributed by atoms with Crippen molar-refractivity contribution in [3.05, 3.63) is 0 Å². The molecule has 2 unspecified atom stereocenters. The Bertz CT molecular complexity index is 380. The van der Waals surface area contributed by atoms with E-state index in [1.807, 2.05) is 6.92 Å². The van der Waals surface area contributed by atoms with Crippen LogP contribution < -0.4 is 15.8 Å². The maximum atomic E-state index is 5.82. The molecular formula is C13H23N3OS. The van der Waals surface area contributed by atoms with Crippen molar-refractivity contribution in [2.75, 3.05) is 17.7 Å². The van der Waals surface area contributed by atoms with Crippen molar-refractivity contribution < 1.29 is 4.74 Å². The number of nitrogens with two attached hydrogens (primary N) is 1. The molecule has 0 spiro atoms. The van der Waals surface area contributed by atoms with Gasteiger partial charge in [-0.2, -0.15) is 4.37 Å². The number of ether oxygens (including phenoxy) is 1. The molecule has 0 radical (unpaired) electrons. The van der Waals surface area contributed by atoms with Crippen LogP contribution in [-0.4, -0.2) is 17.0 Å². The van der Waals surface area contributed by atoms with Crippen molar-refractivity contribution in [1.82, 2.24) is 4.37 Å². The second kappa shape index (κ2) is 6.27. The lowest BCUT2D eigenvalue weighted by atomic mass is 10.0. The maximum absolute atomic E-state index is 5.82. The van der Waals surface area contributed by atoms with Crippen LogP contribution in [0.2, 0.25) is 0 Å². The van der Waals surface area contributed by atoms with Crippen molar-refractivity contribution in [3.63, 3.8) is 0 Å². The van der Waals surface area contributed by atoms with Gasteiger partial charge in [0, 0.05) is 6.04 Å². The van der Waals surface area contributed by atoms with E-state index in [9.17, 15) is 0 Å². The highest BCUT2D eigenvalue weighted by molar-refractivity contribution is 7.11. The highest BCUT2D eigenvalue weighted by atomic mass is 32.1. The van der Waals surface area contributed by atoms with Crippen LogP contribution in [-0.2, 0) is 0 Å². The van der Waals surface area contributed by atoms with E-state index >= 15 is 0 Å². The first-order valence-corrected chi connectivity index (χ1v) is 7.62. The van der Waals surface area contributed by atoms with Crippen LogP contribution in [0.25, 0.3) is 0 Å². The van der Waals surface area contributed by atoms with Gasteiger partial charge in [-0.25, -0.2) is 0 Å². The molecule has 0 aliphatic heterocycles. The molecule has 0 aromatic carbocycles. The van der Waals surface area contributed by atoms with Gasteiger partial charge in [0.25, 0.3) is 0 Å². The Hall–Kier alpha value is -0.970. The summed E-state index contributed by atoms with van der Waals surface area (Å²) in [5.74, 6) is 2.10. The van der Waals surface area contributed by atoms with Crippen molar-refractivity contribution in [3.8, 4) is 5.75 Å². The minimum Gasteiger partial charge on any atom is -0.487 e. The SMILES string of the molecule is CCOc1c(N)nsc1NC1CCCC(C)CC1. The normalized spacial score (nSPS) is 24.6. The molecule has 0 amide bonds. The number of nitrogens with zero attached hydrogens (tertiary/aromatic N) is 1. The highest BCUT2D eigenvalue weighted by Crippen LogP contribution is 2.37. The third-order valence-electron chi connectivity index (χ3n) is 3.56. The van der Waals surface area contributed by atoms with Gasteiger partial charge >= 0.3 is 0 Å². The summed E-state index contributed by atoms with van der Waals surface area (Å²) >= 11 is 1.41. The van der Waals surface area contributed by atoms with Gasteiger partial charge in [0.1, 0.15) is 0 Å². The molecule has 4 nitrogen and oxygen atoms in total. The first kappa shape index (κ1) is 13.5. The molecule has 1 saturated carbocycles. The fourth-order valence-electron chi connectivity index (χ4n) is 2.49. The van der Waals surface area contributed by atoms with Crippen LogP contribution >= 0.6 is 11.5 Å². The van der Waals surface area contributed by atoms with Gasteiger partial charge in [-0.3, -0.25) is 0 Å². The van der Waals surface area contributed by atoms with Crippen molar-refractivity contribution in [2.24, 2.45) is 5.92 Å². The predicted molar refractivity (Wildman–Crippen MR) is 77.4 cm³/mol. The topological polar surface area (TPSA) is 60.2 Å². The van der Waals surface area contributed by atoms with Gasteiger partial charge < -0.3 is 15.8 Å². The third kappa shape index (κ3) is 3.28. The van der Waals surface area contributed by atoms with Gasteiger partial charge in [0.15, 0.2) is 16.6 Å². The molecule has 102 valence electrons. The van der Waals surface area contributed by atoms with Crippen molar-refractivity contribution in [1.29, 1.82) is 0 Å². The molecule has 2 atom stereocenters. The molecule has 1 heterocycles. The molecule has 1 aromatic heterocycles. The van der Waals surface area contributed by atoms with E-state index in [1.54, 1.807) is 0 Å². The van der Waals surface area contributed by atoms with Gasteiger partial charge in [0.2, 0.25) is 0 Å². The lowest BCUT2D eigenvalue weighted by molar-refractivity contribution is 0.343. The average molecular weight is 269 g/mol. The largest absolute Gasteiger partial charge is 0.487 e. The van der Waals surface area contributed by atoms with E-state index in [1.165, 1.54) is 43.6 Å². The van der Waals surface area contributed by atoms with E-state index in [4.69, 9.17) is 10.5 Å². The smallest absolute Gasteiger partial charge is 0.197 e. The van der Waals surface area contributed by atoms with E-state index in [-0.39, 0.29) is 0 Å². The van der Waals surface area contributed by atoms with Gasteiger partial charge in [0.05, 0.1) is 6.61 Å². The molecule has 1 aromatic rings. The summed E-state index contributed by atoms with van der Waals surface area (Å²) in [6.07, 6.45) is 6.41. The zero-order valence-corrected chi connectivity index (χ0v) is 12.1. The number of aromatic nitrogens is 1. The lowest BCUT2D eigenvalue weighted by Crippen LogP contribution is -2.18. The van der Waals surface area contributed by atoms with Crippen molar-refractivity contribution in [2.45, 2.75) is 52.0 Å². The van der Waals surface area contributed by atoms with Crippen LogP contribution in [0, 0.1) is 5.92 Å². The molecule has 3 N–H and O–H groups in total. The summed E-state index contributed by atoms with van der Waals surface area (Å²) in [6.45, 7) is 4.94. The van der Waals surface area contributed by atoms with Crippen LogP contribution in [0.1, 0.15) is 46.0 Å². The fraction of sp³-hybridized carbons (Fsp3) is 0.769. The molecule has 1 fully saturated rings. The Labute approximate surface area is 113 Å². The van der Waals surface area contributed by atoms with Crippen LogP contribution in [0.3, 0.4) is 0 Å². The molecule has 0 bridgehead atoms. The van der Waals surface area contributed by atoms with Gasteiger partial charge in [-0.1, -0.05) is 19.8 Å². The van der Waals surface area contributed by atoms with Gasteiger partial charge in [-0.05, 0) is 43.6 Å². The fourth-order valence-corrected chi connectivity index (χ4v) is 3.22. The molecule has 0 saturated heterocycles. The molecule has 1 aliphatic rings. The standard InChI is InChI=1S/C13H23N3OS/c1-3-17-11-12(14)16-18-13(11)15-10-6-4-5-9(2)7-8-10/h9-10,15H,3-8H2,1-2H3,(H2,14,16). The Morgan fingerprint density at radius 2 is 2.22 bits per heavy atom. The number of hydrogen-bond donors (Lipinski definition) is 2. The summed E-state index contributed by atoms with van der Waals surface area (Å²) < 4.78 is 9.73. The third-order valence-corrected chi connectivity index (χ3v) is 4.33. The van der Waals surface area contributed by atoms with E-state index in [0.29, 0.717) is 18.5 Å². The number of rotatable bonds is 4. The summed E-state index contributed by atoms with van der Waals surface area (Å²) in [4.78, 5) is 0. The molecule has 5 heteroatoms. The minimum atomic E-state index is 0.506. The van der Waals surface area contributed by atoms with Crippen molar-refractivity contribution >= 4 is 22.4 Å². The van der Waals surface area contributed by atoms with Gasteiger partial charge in [-0.15, -0.1) is 0 Å². The summed E-state index contributed by atoms with van der Waals surface area (Å²) in [7, 11) is 0. The molecule has 1 aliphatic carbocycles. The quantitative estimate of drug-likeness (QED) is 0.821. The summed E-state index contributed by atoms with van der Waals surface area (Å²) in [6, 6.07) is 0.536. The average Bonchev–Trinajstić information content (AvgIpc) is 2.57. The van der Waals surface area contributed by atoms with Crippen LogP contribution in [0.15, 0.2) is 0 Å². The maximum Gasteiger partial charge on any atom is 0.197 e. The second-order valence-corrected chi connectivity index (χ2v) is 5.89. The Kier molecular flexibility index (Phi) is 4.69. The van der Waals surface area contributed by atoms with Crippen LogP contribution in [0.5, 0.6) is 5.75 Å². The Morgan fingerprint density at radius 1 is 1.39 bits per heavy atom.